The van der Waals surface area contributed by atoms with Crippen LogP contribution in [0.15, 0.2) is 42.5 Å². The zero-order chi connectivity index (χ0) is 20.8. The van der Waals surface area contributed by atoms with Gasteiger partial charge in [-0.05, 0) is 37.7 Å². The van der Waals surface area contributed by atoms with Crippen molar-refractivity contribution in [2.75, 3.05) is 54.0 Å². The second-order valence-electron chi connectivity index (χ2n) is 7.55. The number of ether oxygens (including phenoxy) is 2. The molecule has 0 aliphatic carbocycles. The fourth-order valence-electron chi connectivity index (χ4n) is 3.65. The number of carbonyl (C=O) groups excluding carboxylic acids is 1. The minimum atomic E-state index is -0.114. The summed E-state index contributed by atoms with van der Waals surface area (Å²) in [7, 11) is 5.30. The Kier molecular flexibility index (Phi) is 7.12. The molecule has 1 fully saturated rings. The number of amides is 1. The second kappa shape index (κ2) is 9.76. The van der Waals surface area contributed by atoms with Gasteiger partial charge in [0.25, 0.3) is 5.91 Å². The molecule has 0 saturated carbocycles. The van der Waals surface area contributed by atoms with Gasteiger partial charge in [-0.15, -0.1) is 0 Å². The molecule has 1 heterocycles. The van der Waals surface area contributed by atoms with Crippen molar-refractivity contribution in [2.45, 2.75) is 13.0 Å². The number of carbonyl (C=O) groups is 1. The highest BCUT2D eigenvalue weighted by Gasteiger charge is 2.24. The van der Waals surface area contributed by atoms with E-state index in [9.17, 15) is 4.79 Å². The fraction of sp³-hybridized carbons (Fsp3) is 0.435. The van der Waals surface area contributed by atoms with Crippen molar-refractivity contribution in [3.05, 3.63) is 59.2 Å². The number of benzene rings is 2. The van der Waals surface area contributed by atoms with E-state index in [0.717, 1.165) is 26.2 Å². The fourth-order valence-corrected chi connectivity index (χ4v) is 3.65. The standard InChI is InChI=1S/C23H31N3O3/c1-17-5-7-18(8-6-17)20(26-13-11-25(2)12-14-26)16-24-23(27)19-9-10-21(28-3)22(15-19)29-4/h5-10,15,20H,11-14,16H2,1-4H3,(H,24,27)/t20-/m1/s1. The Bertz CT molecular complexity index is 815. The minimum Gasteiger partial charge on any atom is -0.493 e. The molecule has 0 unspecified atom stereocenters. The summed E-state index contributed by atoms with van der Waals surface area (Å²) in [5.41, 5.74) is 3.02. The number of nitrogens with one attached hydrogen (secondary N) is 1. The van der Waals surface area contributed by atoms with Gasteiger partial charge in [0.15, 0.2) is 11.5 Å². The number of rotatable bonds is 7. The summed E-state index contributed by atoms with van der Waals surface area (Å²) in [4.78, 5) is 17.6. The molecule has 156 valence electrons. The Labute approximate surface area is 173 Å². The van der Waals surface area contributed by atoms with Crippen LogP contribution in [0.2, 0.25) is 0 Å². The van der Waals surface area contributed by atoms with Crippen LogP contribution in [-0.2, 0) is 0 Å². The van der Waals surface area contributed by atoms with Gasteiger partial charge in [0.05, 0.1) is 20.3 Å². The maximum Gasteiger partial charge on any atom is 0.251 e. The molecule has 0 spiro atoms. The van der Waals surface area contributed by atoms with Gasteiger partial charge in [0.1, 0.15) is 0 Å². The highest BCUT2D eigenvalue weighted by Crippen LogP contribution is 2.28. The lowest BCUT2D eigenvalue weighted by Crippen LogP contribution is -2.48. The van der Waals surface area contributed by atoms with Crippen LogP contribution in [-0.4, -0.2) is 69.7 Å². The normalized spacial score (nSPS) is 16.3. The van der Waals surface area contributed by atoms with Crippen molar-refractivity contribution < 1.29 is 14.3 Å². The van der Waals surface area contributed by atoms with Crippen LogP contribution in [0.25, 0.3) is 0 Å². The Hall–Kier alpha value is -2.57. The van der Waals surface area contributed by atoms with Gasteiger partial charge < -0.3 is 19.7 Å². The molecular formula is C23H31N3O3. The number of aryl methyl sites for hydroxylation is 1. The Morgan fingerprint density at radius 2 is 1.66 bits per heavy atom. The summed E-state index contributed by atoms with van der Waals surface area (Å²) in [6.07, 6.45) is 0. The maximum absolute atomic E-state index is 12.8. The van der Waals surface area contributed by atoms with Gasteiger partial charge in [-0.25, -0.2) is 0 Å². The molecule has 0 bridgehead atoms. The van der Waals surface area contributed by atoms with E-state index in [1.807, 2.05) is 0 Å². The highest BCUT2D eigenvalue weighted by molar-refractivity contribution is 5.94. The van der Waals surface area contributed by atoms with Gasteiger partial charge in [0, 0.05) is 38.3 Å². The molecule has 1 N–H and O–H groups in total. The Balaban J connectivity index is 1.74. The molecule has 6 heteroatoms. The number of methoxy groups -OCH3 is 2. The van der Waals surface area contributed by atoms with E-state index >= 15 is 0 Å². The maximum atomic E-state index is 12.8. The molecule has 3 rings (SSSR count). The lowest BCUT2D eigenvalue weighted by atomic mass is 10.0. The van der Waals surface area contributed by atoms with E-state index in [1.54, 1.807) is 32.4 Å². The van der Waals surface area contributed by atoms with Crippen molar-refractivity contribution in [1.82, 2.24) is 15.1 Å². The molecule has 6 nitrogen and oxygen atoms in total. The SMILES string of the molecule is COc1ccc(C(=O)NC[C@H](c2ccc(C)cc2)N2CCN(C)CC2)cc1OC. The van der Waals surface area contributed by atoms with Crippen LogP contribution in [0.4, 0.5) is 0 Å². The third-order valence-corrected chi connectivity index (χ3v) is 5.54. The van der Waals surface area contributed by atoms with E-state index < -0.39 is 0 Å². The predicted molar refractivity (Wildman–Crippen MR) is 115 cm³/mol. The number of hydrogen-bond donors (Lipinski definition) is 1. The molecule has 0 radical (unpaired) electrons. The van der Waals surface area contributed by atoms with Gasteiger partial charge in [-0.3, -0.25) is 9.69 Å². The first-order chi connectivity index (χ1) is 14.0. The van der Waals surface area contributed by atoms with E-state index in [2.05, 4.69) is 53.4 Å². The van der Waals surface area contributed by atoms with Crippen LogP contribution >= 0.6 is 0 Å². The molecule has 1 aliphatic heterocycles. The molecule has 1 aliphatic rings. The van der Waals surface area contributed by atoms with Crippen molar-refractivity contribution in [1.29, 1.82) is 0 Å². The van der Waals surface area contributed by atoms with E-state index in [4.69, 9.17) is 9.47 Å². The van der Waals surface area contributed by atoms with Gasteiger partial charge in [0.2, 0.25) is 0 Å². The van der Waals surface area contributed by atoms with Gasteiger partial charge in [-0.2, -0.15) is 0 Å². The minimum absolute atomic E-state index is 0.114. The summed E-state index contributed by atoms with van der Waals surface area (Å²) >= 11 is 0. The highest BCUT2D eigenvalue weighted by atomic mass is 16.5. The first-order valence-electron chi connectivity index (χ1n) is 10.0. The molecule has 1 amide bonds. The summed E-state index contributed by atoms with van der Waals surface area (Å²) in [6, 6.07) is 14.0. The van der Waals surface area contributed by atoms with E-state index in [1.165, 1.54) is 11.1 Å². The molecule has 2 aromatic carbocycles. The van der Waals surface area contributed by atoms with Crippen molar-refractivity contribution >= 4 is 5.91 Å². The number of piperazine rings is 1. The first-order valence-corrected chi connectivity index (χ1v) is 10.0. The summed E-state index contributed by atoms with van der Waals surface area (Å²) in [5, 5.41) is 3.12. The average Bonchev–Trinajstić information content (AvgIpc) is 2.75. The van der Waals surface area contributed by atoms with Crippen LogP contribution < -0.4 is 14.8 Å². The zero-order valence-electron chi connectivity index (χ0n) is 17.8. The third kappa shape index (κ3) is 5.28. The van der Waals surface area contributed by atoms with Crippen LogP contribution in [0.3, 0.4) is 0 Å². The lowest BCUT2D eigenvalue weighted by Gasteiger charge is -2.38. The van der Waals surface area contributed by atoms with Crippen molar-refractivity contribution in [2.24, 2.45) is 0 Å². The number of nitrogens with zero attached hydrogens (tertiary/aromatic N) is 2. The number of likely N-dealkylation sites (N-methyl/N-ethyl adjacent to an activating group) is 1. The quantitative estimate of drug-likeness (QED) is 0.779. The smallest absolute Gasteiger partial charge is 0.251 e. The third-order valence-electron chi connectivity index (χ3n) is 5.54. The van der Waals surface area contributed by atoms with Crippen molar-refractivity contribution in [3.63, 3.8) is 0 Å². The van der Waals surface area contributed by atoms with Crippen LogP contribution in [0.1, 0.15) is 27.5 Å². The molecule has 2 aromatic rings. The summed E-state index contributed by atoms with van der Waals surface area (Å²) in [6.45, 7) is 6.69. The van der Waals surface area contributed by atoms with E-state index in [-0.39, 0.29) is 11.9 Å². The van der Waals surface area contributed by atoms with E-state index in [0.29, 0.717) is 23.6 Å². The summed E-state index contributed by atoms with van der Waals surface area (Å²) < 4.78 is 10.6. The first kappa shape index (κ1) is 21.1. The van der Waals surface area contributed by atoms with Crippen molar-refractivity contribution in [3.8, 4) is 11.5 Å². The molecule has 29 heavy (non-hydrogen) atoms. The molecular weight excluding hydrogens is 366 g/mol. The Morgan fingerprint density at radius 1 is 1.00 bits per heavy atom. The largest absolute Gasteiger partial charge is 0.493 e. The lowest BCUT2D eigenvalue weighted by molar-refractivity contribution is 0.0886. The Morgan fingerprint density at radius 3 is 2.28 bits per heavy atom. The van der Waals surface area contributed by atoms with Crippen LogP contribution in [0.5, 0.6) is 11.5 Å². The zero-order valence-corrected chi connectivity index (χ0v) is 17.8. The van der Waals surface area contributed by atoms with Crippen LogP contribution in [0, 0.1) is 6.92 Å². The topological polar surface area (TPSA) is 54.0 Å². The monoisotopic (exact) mass is 397 g/mol. The molecule has 0 aromatic heterocycles. The molecule has 1 saturated heterocycles. The molecule has 1 atom stereocenters. The average molecular weight is 398 g/mol. The summed E-state index contributed by atoms with van der Waals surface area (Å²) in [5.74, 6) is 1.05. The van der Waals surface area contributed by atoms with Gasteiger partial charge in [-0.1, -0.05) is 29.8 Å². The second-order valence-corrected chi connectivity index (χ2v) is 7.55. The predicted octanol–water partition coefficient (Wildman–Crippen LogP) is 2.73. The van der Waals surface area contributed by atoms with Gasteiger partial charge >= 0.3 is 0 Å². The number of hydrogen-bond acceptors (Lipinski definition) is 5.